The van der Waals surface area contributed by atoms with E-state index in [-0.39, 0.29) is 11.7 Å². The molecule has 1 radical (unpaired) electrons. The van der Waals surface area contributed by atoms with E-state index in [4.69, 9.17) is 4.74 Å². The van der Waals surface area contributed by atoms with Crippen molar-refractivity contribution in [3.63, 3.8) is 0 Å². The summed E-state index contributed by atoms with van der Waals surface area (Å²) < 4.78 is 5.33. The minimum absolute atomic E-state index is 0.0382. The molecule has 0 saturated carbocycles. The summed E-state index contributed by atoms with van der Waals surface area (Å²) in [5.41, 5.74) is -0.0382. The van der Waals surface area contributed by atoms with Crippen molar-refractivity contribution in [2.24, 2.45) is 0 Å². The number of ether oxygens (including phenoxy) is 1. The summed E-state index contributed by atoms with van der Waals surface area (Å²) in [4.78, 5) is 0. The molecule has 1 nitrogen and oxygen atoms in total. The Labute approximate surface area is 62.4 Å². The van der Waals surface area contributed by atoms with E-state index in [9.17, 15) is 0 Å². The van der Waals surface area contributed by atoms with Gasteiger partial charge in [0.15, 0.2) is 0 Å². The number of rotatable bonds is 4. The molecule has 0 aromatic carbocycles. The summed E-state index contributed by atoms with van der Waals surface area (Å²) in [5, 5.41) is 0. The van der Waals surface area contributed by atoms with Crippen LogP contribution in [0.2, 0.25) is 0 Å². The van der Waals surface area contributed by atoms with Crippen molar-refractivity contribution in [2.45, 2.75) is 24.5 Å². The molecule has 1 rings (SSSR count). The molecule has 1 aliphatic rings. The molecular formula is C9H13O. The van der Waals surface area contributed by atoms with Crippen molar-refractivity contribution >= 4 is 0 Å². The van der Waals surface area contributed by atoms with Gasteiger partial charge in [0.1, 0.15) is 5.60 Å². The maximum absolute atomic E-state index is 5.33. The molecular weight excluding hydrogens is 124 g/mol. The van der Waals surface area contributed by atoms with Gasteiger partial charge in [-0.3, -0.25) is 0 Å². The molecule has 0 spiro atoms. The largest absolute Gasteiger partial charge is 0.365 e. The Kier molecular flexibility index (Phi) is 1.95. The zero-order valence-electron chi connectivity index (χ0n) is 6.18. The highest BCUT2D eigenvalue weighted by Gasteiger charge is 2.50. The predicted octanol–water partition coefficient (Wildman–Crippen LogP) is 2.11. The van der Waals surface area contributed by atoms with Gasteiger partial charge in [0, 0.05) is 0 Å². The first-order valence-electron chi connectivity index (χ1n) is 3.48. The highest BCUT2D eigenvalue weighted by Crippen LogP contribution is 2.42. The van der Waals surface area contributed by atoms with E-state index >= 15 is 0 Å². The minimum atomic E-state index is -0.0382. The summed E-state index contributed by atoms with van der Waals surface area (Å²) >= 11 is 0. The van der Waals surface area contributed by atoms with Gasteiger partial charge in [0.2, 0.25) is 0 Å². The molecule has 10 heavy (non-hydrogen) atoms. The van der Waals surface area contributed by atoms with Crippen LogP contribution in [0.5, 0.6) is 0 Å². The lowest BCUT2D eigenvalue weighted by molar-refractivity contribution is 0.301. The topological polar surface area (TPSA) is 12.5 Å². The Morgan fingerprint density at radius 1 is 1.30 bits per heavy atom. The van der Waals surface area contributed by atoms with Gasteiger partial charge in [-0.25, -0.2) is 0 Å². The van der Waals surface area contributed by atoms with E-state index in [0.717, 1.165) is 12.8 Å². The second-order valence-corrected chi connectivity index (χ2v) is 2.66. The maximum Gasteiger partial charge on any atom is 0.102 e. The van der Waals surface area contributed by atoms with E-state index in [0.29, 0.717) is 0 Å². The molecule has 1 fully saturated rings. The van der Waals surface area contributed by atoms with E-state index in [2.05, 4.69) is 20.1 Å². The zero-order chi connectivity index (χ0) is 7.61. The highest BCUT2D eigenvalue weighted by atomic mass is 16.6. The lowest BCUT2D eigenvalue weighted by atomic mass is 9.98. The Balaban J connectivity index is 2.45. The fourth-order valence-electron chi connectivity index (χ4n) is 1.18. The third-order valence-corrected chi connectivity index (χ3v) is 1.89. The fraction of sp³-hybridized carbons (Fsp3) is 0.444. The van der Waals surface area contributed by atoms with Crippen LogP contribution in [-0.4, -0.2) is 11.7 Å². The third kappa shape index (κ3) is 1.14. The first kappa shape index (κ1) is 7.55. The van der Waals surface area contributed by atoms with Gasteiger partial charge in [-0.2, -0.15) is 0 Å². The summed E-state index contributed by atoms with van der Waals surface area (Å²) in [5.74, 6) is 0. The molecule has 0 aromatic heterocycles. The Morgan fingerprint density at radius 3 is 1.90 bits per heavy atom. The van der Waals surface area contributed by atoms with Crippen LogP contribution in [0.3, 0.4) is 0 Å². The van der Waals surface area contributed by atoms with Gasteiger partial charge < -0.3 is 4.74 Å². The lowest BCUT2D eigenvalue weighted by Gasteiger charge is -2.04. The summed E-state index contributed by atoms with van der Waals surface area (Å²) in [7, 11) is 0. The van der Waals surface area contributed by atoms with E-state index < -0.39 is 0 Å². The molecule has 1 aliphatic heterocycles. The van der Waals surface area contributed by atoms with Gasteiger partial charge >= 0.3 is 0 Å². The Hall–Kier alpha value is -0.560. The van der Waals surface area contributed by atoms with Crippen LogP contribution in [0.15, 0.2) is 25.3 Å². The minimum Gasteiger partial charge on any atom is -0.365 e. The van der Waals surface area contributed by atoms with Crippen molar-refractivity contribution in [3.8, 4) is 0 Å². The van der Waals surface area contributed by atoms with Crippen LogP contribution in [0.4, 0.5) is 0 Å². The lowest BCUT2D eigenvalue weighted by Crippen LogP contribution is -2.10. The fourth-order valence-corrected chi connectivity index (χ4v) is 1.18. The van der Waals surface area contributed by atoms with E-state index in [1.54, 1.807) is 0 Å². The molecule has 1 unspecified atom stereocenters. The van der Waals surface area contributed by atoms with Crippen molar-refractivity contribution in [3.05, 3.63) is 32.2 Å². The molecule has 1 heteroatoms. The zero-order valence-corrected chi connectivity index (χ0v) is 6.18. The van der Waals surface area contributed by atoms with Crippen molar-refractivity contribution in [1.82, 2.24) is 0 Å². The highest BCUT2D eigenvalue weighted by molar-refractivity contribution is 5.10. The summed E-state index contributed by atoms with van der Waals surface area (Å²) in [6.45, 7) is 11.1. The second-order valence-electron chi connectivity index (χ2n) is 2.66. The standard InChI is InChI=1S/C9H13O/c1-4-6-9(7-5-2)8(3)10-9/h4-5,8H,1-3,6-7H2. The Morgan fingerprint density at radius 2 is 1.70 bits per heavy atom. The predicted molar refractivity (Wildman–Crippen MR) is 42.6 cm³/mol. The van der Waals surface area contributed by atoms with Crippen LogP contribution in [0, 0.1) is 6.92 Å². The van der Waals surface area contributed by atoms with Crippen LogP contribution < -0.4 is 0 Å². The maximum atomic E-state index is 5.33. The second kappa shape index (κ2) is 2.59. The number of epoxide rings is 1. The van der Waals surface area contributed by atoms with E-state index in [1.807, 2.05) is 12.2 Å². The SMILES string of the molecule is [CH2]C1OC1(CC=C)CC=C. The van der Waals surface area contributed by atoms with Crippen LogP contribution in [-0.2, 0) is 4.74 Å². The van der Waals surface area contributed by atoms with Crippen LogP contribution in [0.25, 0.3) is 0 Å². The average molecular weight is 137 g/mol. The van der Waals surface area contributed by atoms with Crippen LogP contribution in [0.1, 0.15) is 12.8 Å². The summed E-state index contributed by atoms with van der Waals surface area (Å²) in [6, 6.07) is 0. The first-order chi connectivity index (χ1) is 4.75. The summed E-state index contributed by atoms with van der Waals surface area (Å²) in [6.07, 6.45) is 5.65. The van der Waals surface area contributed by atoms with Crippen LogP contribution >= 0.6 is 0 Å². The average Bonchev–Trinajstić information content (AvgIpc) is 2.44. The molecule has 1 saturated heterocycles. The van der Waals surface area contributed by atoms with Gasteiger partial charge in [-0.1, -0.05) is 12.2 Å². The van der Waals surface area contributed by atoms with Gasteiger partial charge in [-0.05, 0) is 19.8 Å². The quantitative estimate of drug-likeness (QED) is 0.427. The molecule has 1 heterocycles. The first-order valence-corrected chi connectivity index (χ1v) is 3.48. The normalized spacial score (nSPS) is 27.5. The van der Waals surface area contributed by atoms with Crippen molar-refractivity contribution < 1.29 is 4.74 Å². The monoisotopic (exact) mass is 137 g/mol. The molecule has 55 valence electrons. The van der Waals surface area contributed by atoms with Gasteiger partial charge in [0.05, 0.1) is 6.10 Å². The van der Waals surface area contributed by atoms with Gasteiger partial charge in [0.25, 0.3) is 0 Å². The third-order valence-electron chi connectivity index (χ3n) is 1.89. The molecule has 0 amide bonds. The molecule has 0 aliphatic carbocycles. The Bertz CT molecular complexity index is 139. The van der Waals surface area contributed by atoms with E-state index in [1.165, 1.54) is 0 Å². The number of hydrogen-bond acceptors (Lipinski definition) is 1. The molecule has 0 bridgehead atoms. The van der Waals surface area contributed by atoms with Crippen molar-refractivity contribution in [2.75, 3.05) is 0 Å². The molecule has 0 aromatic rings. The molecule has 0 N–H and O–H groups in total. The smallest absolute Gasteiger partial charge is 0.102 e. The van der Waals surface area contributed by atoms with Crippen molar-refractivity contribution in [1.29, 1.82) is 0 Å². The molecule has 1 atom stereocenters. The van der Waals surface area contributed by atoms with Gasteiger partial charge in [-0.15, -0.1) is 13.2 Å². The number of hydrogen-bond donors (Lipinski definition) is 0.